The molecule has 2 aromatic rings. The smallest absolute Gasteiger partial charge is 0.248 e. The van der Waals surface area contributed by atoms with Crippen molar-refractivity contribution in [1.82, 2.24) is 0 Å². The summed E-state index contributed by atoms with van der Waals surface area (Å²) in [5, 5.41) is 2.80. The Hall–Kier alpha value is -2.34. The molecule has 2 aromatic carbocycles. The molecule has 0 fully saturated rings. The Labute approximate surface area is 143 Å². The molecule has 0 heterocycles. The van der Waals surface area contributed by atoms with Crippen molar-refractivity contribution in [2.45, 2.75) is 26.8 Å². The number of para-hydroxylation sites is 1. The lowest BCUT2D eigenvalue weighted by Gasteiger charge is -2.28. The van der Waals surface area contributed by atoms with Crippen LogP contribution in [-0.4, -0.2) is 26.6 Å². The van der Waals surface area contributed by atoms with Crippen LogP contribution in [-0.2, 0) is 14.8 Å². The van der Waals surface area contributed by atoms with Gasteiger partial charge in [-0.05, 0) is 44.5 Å². The highest BCUT2D eigenvalue weighted by Gasteiger charge is 2.29. The number of anilines is 2. The van der Waals surface area contributed by atoms with E-state index in [9.17, 15) is 13.2 Å². The summed E-state index contributed by atoms with van der Waals surface area (Å²) in [5.74, 6) is -0.379. The molecular weight excluding hydrogens is 324 g/mol. The minimum Gasteiger partial charge on any atom is -0.324 e. The third kappa shape index (κ3) is 4.14. The minimum absolute atomic E-state index is 0.379. The van der Waals surface area contributed by atoms with E-state index in [0.717, 1.165) is 21.7 Å². The van der Waals surface area contributed by atoms with E-state index in [1.165, 1.54) is 0 Å². The van der Waals surface area contributed by atoms with Crippen LogP contribution in [0, 0.1) is 13.8 Å². The molecule has 0 aliphatic carbocycles. The third-order valence-electron chi connectivity index (χ3n) is 3.78. The van der Waals surface area contributed by atoms with Crippen LogP contribution < -0.4 is 9.62 Å². The summed E-state index contributed by atoms with van der Waals surface area (Å²) in [4.78, 5) is 12.6. The molecule has 0 unspecified atom stereocenters. The molecule has 0 saturated heterocycles. The predicted octanol–water partition coefficient (Wildman–Crippen LogP) is 3.10. The zero-order valence-electron chi connectivity index (χ0n) is 14.3. The van der Waals surface area contributed by atoms with Crippen molar-refractivity contribution < 1.29 is 13.2 Å². The summed E-state index contributed by atoms with van der Waals surface area (Å²) >= 11 is 0. The van der Waals surface area contributed by atoms with Gasteiger partial charge in [-0.25, -0.2) is 8.42 Å². The van der Waals surface area contributed by atoms with Crippen LogP contribution in [0.4, 0.5) is 11.4 Å². The maximum atomic E-state index is 12.6. The van der Waals surface area contributed by atoms with Crippen LogP contribution >= 0.6 is 0 Å². The molecule has 24 heavy (non-hydrogen) atoms. The summed E-state index contributed by atoms with van der Waals surface area (Å²) in [7, 11) is -3.60. The van der Waals surface area contributed by atoms with Gasteiger partial charge in [-0.3, -0.25) is 9.10 Å². The molecule has 128 valence electrons. The fraction of sp³-hybridized carbons (Fsp3) is 0.278. The second-order valence-corrected chi connectivity index (χ2v) is 7.73. The molecule has 0 radical (unpaired) electrons. The number of sulfonamides is 1. The number of benzene rings is 2. The first-order valence-corrected chi connectivity index (χ1v) is 9.47. The molecule has 5 nitrogen and oxygen atoms in total. The summed E-state index contributed by atoms with van der Waals surface area (Å²) in [5.41, 5.74) is 3.07. The van der Waals surface area contributed by atoms with Crippen molar-refractivity contribution in [2.75, 3.05) is 15.9 Å². The number of hydrogen-bond acceptors (Lipinski definition) is 3. The fourth-order valence-corrected chi connectivity index (χ4v) is 3.63. The first-order chi connectivity index (χ1) is 11.2. The Morgan fingerprint density at radius 3 is 2.17 bits per heavy atom. The fourth-order valence-electron chi connectivity index (χ4n) is 2.45. The topological polar surface area (TPSA) is 66.5 Å². The number of amides is 1. The summed E-state index contributed by atoms with van der Waals surface area (Å²) in [6.45, 7) is 5.38. The molecule has 2 rings (SSSR count). The van der Waals surface area contributed by atoms with Gasteiger partial charge in [0.15, 0.2) is 0 Å². The summed E-state index contributed by atoms with van der Waals surface area (Å²) < 4.78 is 25.6. The molecule has 0 aromatic heterocycles. The largest absolute Gasteiger partial charge is 0.324 e. The van der Waals surface area contributed by atoms with E-state index >= 15 is 0 Å². The number of nitrogens with one attached hydrogen (secondary N) is 1. The minimum atomic E-state index is -3.60. The number of nitrogens with zero attached hydrogens (tertiary/aromatic N) is 1. The number of carbonyl (C=O) groups excluding carboxylic acids is 1. The van der Waals surface area contributed by atoms with Crippen LogP contribution in [0.1, 0.15) is 18.1 Å². The van der Waals surface area contributed by atoms with Crippen molar-refractivity contribution in [3.8, 4) is 0 Å². The van der Waals surface area contributed by atoms with Gasteiger partial charge in [0.1, 0.15) is 6.04 Å². The molecule has 0 spiro atoms. The van der Waals surface area contributed by atoms with Gasteiger partial charge in [0.25, 0.3) is 0 Å². The summed E-state index contributed by atoms with van der Waals surface area (Å²) in [6, 6.07) is 13.5. The van der Waals surface area contributed by atoms with Crippen LogP contribution in [0.2, 0.25) is 0 Å². The Morgan fingerprint density at radius 2 is 1.62 bits per heavy atom. The normalized spacial score (nSPS) is 12.5. The van der Waals surface area contributed by atoms with Crippen LogP contribution in [0.15, 0.2) is 48.5 Å². The molecule has 1 atom stereocenters. The Bertz CT molecular complexity index is 830. The number of aryl methyl sites for hydroxylation is 2. The van der Waals surface area contributed by atoms with Crippen LogP contribution in [0.5, 0.6) is 0 Å². The Morgan fingerprint density at radius 1 is 1.04 bits per heavy atom. The lowest BCUT2D eigenvalue weighted by Crippen LogP contribution is -2.45. The van der Waals surface area contributed by atoms with Crippen LogP contribution in [0.25, 0.3) is 0 Å². The second kappa shape index (κ2) is 7.05. The quantitative estimate of drug-likeness (QED) is 0.905. The van der Waals surface area contributed by atoms with Gasteiger partial charge in [-0.1, -0.05) is 35.9 Å². The number of carbonyl (C=O) groups is 1. The van der Waals surface area contributed by atoms with Crippen molar-refractivity contribution in [2.24, 2.45) is 0 Å². The van der Waals surface area contributed by atoms with Gasteiger partial charge in [-0.15, -0.1) is 0 Å². The van der Waals surface area contributed by atoms with Gasteiger partial charge in [0, 0.05) is 5.69 Å². The van der Waals surface area contributed by atoms with E-state index in [0.29, 0.717) is 11.4 Å². The first-order valence-electron chi connectivity index (χ1n) is 7.62. The molecule has 0 aliphatic heterocycles. The van der Waals surface area contributed by atoms with E-state index in [1.54, 1.807) is 25.1 Å². The van der Waals surface area contributed by atoms with Gasteiger partial charge in [0.2, 0.25) is 15.9 Å². The van der Waals surface area contributed by atoms with Crippen molar-refractivity contribution in [1.29, 1.82) is 0 Å². The highest BCUT2D eigenvalue weighted by atomic mass is 32.2. The van der Waals surface area contributed by atoms with E-state index in [2.05, 4.69) is 5.32 Å². The van der Waals surface area contributed by atoms with E-state index in [1.807, 2.05) is 44.2 Å². The highest BCUT2D eigenvalue weighted by Crippen LogP contribution is 2.22. The van der Waals surface area contributed by atoms with Gasteiger partial charge in [-0.2, -0.15) is 0 Å². The maximum Gasteiger partial charge on any atom is 0.248 e. The Balaban J connectivity index is 2.31. The average Bonchev–Trinajstić information content (AvgIpc) is 2.50. The molecule has 0 aliphatic rings. The average molecular weight is 346 g/mol. The monoisotopic (exact) mass is 346 g/mol. The van der Waals surface area contributed by atoms with E-state index < -0.39 is 16.1 Å². The van der Waals surface area contributed by atoms with Gasteiger partial charge < -0.3 is 5.32 Å². The Kier molecular flexibility index (Phi) is 5.29. The second-order valence-electron chi connectivity index (χ2n) is 5.87. The van der Waals surface area contributed by atoms with Gasteiger partial charge >= 0.3 is 0 Å². The van der Waals surface area contributed by atoms with Crippen molar-refractivity contribution in [3.63, 3.8) is 0 Å². The number of rotatable bonds is 5. The van der Waals surface area contributed by atoms with Crippen LogP contribution in [0.3, 0.4) is 0 Å². The third-order valence-corrected chi connectivity index (χ3v) is 5.02. The predicted molar refractivity (Wildman–Crippen MR) is 97.8 cm³/mol. The van der Waals surface area contributed by atoms with E-state index in [4.69, 9.17) is 0 Å². The molecule has 6 heteroatoms. The lowest BCUT2D eigenvalue weighted by molar-refractivity contribution is -0.116. The zero-order chi connectivity index (χ0) is 17.9. The molecule has 0 saturated carbocycles. The molecule has 0 bridgehead atoms. The zero-order valence-corrected chi connectivity index (χ0v) is 15.1. The van der Waals surface area contributed by atoms with Crippen molar-refractivity contribution >= 4 is 27.3 Å². The van der Waals surface area contributed by atoms with E-state index in [-0.39, 0.29) is 5.91 Å². The number of hydrogen-bond donors (Lipinski definition) is 1. The lowest BCUT2D eigenvalue weighted by atomic mass is 10.2. The first kappa shape index (κ1) is 18.0. The summed E-state index contributed by atoms with van der Waals surface area (Å²) in [6.07, 6.45) is 1.10. The molecular formula is C18H22N2O3S. The van der Waals surface area contributed by atoms with Crippen molar-refractivity contribution in [3.05, 3.63) is 59.7 Å². The van der Waals surface area contributed by atoms with Gasteiger partial charge in [0.05, 0.1) is 11.9 Å². The SMILES string of the molecule is Cc1ccc(N([C@@H](C)C(=O)Nc2ccccc2C)S(C)(=O)=O)cc1. The maximum absolute atomic E-state index is 12.6. The standard InChI is InChI=1S/C18H22N2O3S/c1-13-9-11-16(12-10-13)20(24(4,22)23)15(3)18(21)19-17-8-6-5-7-14(17)2/h5-12,15H,1-4H3,(H,19,21)/t15-/m0/s1. The molecule has 1 N–H and O–H groups in total. The molecule has 1 amide bonds. The highest BCUT2D eigenvalue weighted by molar-refractivity contribution is 7.92.